The number of hydrogen-bond acceptors (Lipinski definition) is 4. The van der Waals surface area contributed by atoms with Gasteiger partial charge in [-0.05, 0) is 12.8 Å². The van der Waals surface area contributed by atoms with Crippen molar-refractivity contribution in [3.05, 3.63) is 32.6 Å². The molecular weight excluding hydrogens is 234 g/mol. The van der Waals surface area contributed by atoms with E-state index in [1.165, 1.54) is 10.8 Å². The lowest BCUT2D eigenvalue weighted by atomic mass is 9.85. The van der Waals surface area contributed by atoms with Gasteiger partial charge < -0.3 is 5.11 Å². The molecule has 0 aromatic carbocycles. The molecule has 1 aromatic rings. The van der Waals surface area contributed by atoms with Crippen molar-refractivity contribution < 1.29 is 5.11 Å². The minimum atomic E-state index is -0.910. The fourth-order valence-corrected chi connectivity index (χ4v) is 2.39. The van der Waals surface area contributed by atoms with E-state index in [-0.39, 0.29) is 12.1 Å². The zero-order chi connectivity index (χ0) is 13.2. The van der Waals surface area contributed by atoms with Crippen LogP contribution >= 0.6 is 0 Å². The summed E-state index contributed by atoms with van der Waals surface area (Å²) in [4.78, 5) is 24.9. The normalized spacial score (nSPS) is 18.2. The Morgan fingerprint density at radius 1 is 1.39 bits per heavy atom. The Hall–Kier alpha value is -1.87. The third-order valence-electron chi connectivity index (χ3n) is 3.38. The van der Waals surface area contributed by atoms with Gasteiger partial charge in [-0.2, -0.15) is 5.26 Å². The third kappa shape index (κ3) is 2.51. The number of nitrogens with zero attached hydrogens (tertiary/aromatic N) is 2. The maximum Gasteiger partial charge on any atom is 0.328 e. The van der Waals surface area contributed by atoms with Crippen LogP contribution in [0.3, 0.4) is 0 Å². The first-order chi connectivity index (χ1) is 8.54. The lowest BCUT2D eigenvalue weighted by Crippen LogP contribution is -2.41. The average Bonchev–Trinajstić information content (AvgIpc) is 2.33. The average molecular weight is 249 g/mol. The predicted octanol–water partition coefficient (Wildman–Crippen LogP) is 0.103. The molecule has 1 heterocycles. The smallest absolute Gasteiger partial charge is 0.328 e. The molecule has 1 saturated carbocycles. The molecule has 0 saturated heterocycles. The van der Waals surface area contributed by atoms with Gasteiger partial charge in [-0.3, -0.25) is 14.3 Å². The van der Waals surface area contributed by atoms with Crippen LogP contribution < -0.4 is 11.2 Å². The lowest BCUT2D eigenvalue weighted by molar-refractivity contribution is -0.0126. The standard InChI is InChI=1S/C12H15N3O3/c13-6-9-7-15(11(17)14-10(9)16)8-12(18)4-2-1-3-5-12/h7,18H,1-5,8H2,(H,14,16,17). The highest BCUT2D eigenvalue weighted by molar-refractivity contribution is 5.21. The second kappa shape index (κ2) is 4.78. The summed E-state index contributed by atoms with van der Waals surface area (Å²) in [7, 11) is 0. The van der Waals surface area contributed by atoms with Crippen molar-refractivity contribution in [2.75, 3.05) is 0 Å². The summed E-state index contributed by atoms with van der Waals surface area (Å²) in [5.74, 6) is 0. The van der Waals surface area contributed by atoms with Gasteiger partial charge in [-0.25, -0.2) is 4.79 Å². The van der Waals surface area contributed by atoms with Gasteiger partial charge in [0.2, 0.25) is 0 Å². The minimum Gasteiger partial charge on any atom is -0.388 e. The van der Waals surface area contributed by atoms with Gasteiger partial charge in [0.05, 0.1) is 12.1 Å². The van der Waals surface area contributed by atoms with Gasteiger partial charge in [0.15, 0.2) is 0 Å². The molecule has 0 unspecified atom stereocenters. The number of H-pyrrole nitrogens is 1. The highest BCUT2D eigenvalue weighted by Crippen LogP contribution is 2.28. The molecule has 0 amide bonds. The molecule has 1 aliphatic rings. The van der Waals surface area contributed by atoms with Crippen molar-refractivity contribution in [2.45, 2.75) is 44.2 Å². The van der Waals surface area contributed by atoms with Gasteiger partial charge in [0.25, 0.3) is 5.56 Å². The fourth-order valence-electron chi connectivity index (χ4n) is 2.39. The van der Waals surface area contributed by atoms with Crippen LogP contribution in [-0.4, -0.2) is 20.3 Å². The van der Waals surface area contributed by atoms with Crippen LogP contribution in [0.1, 0.15) is 37.7 Å². The molecule has 0 radical (unpaired) electrons. The second-order valence-corrected chi connectivity index (χ2v) is 4.83. The quantitative estimate of drug-likeness (QED) is 0.776. The van der Waals surface area contributed by atoms with Crippen molar-refractivity contribution in [3.8, 4) is 6.07 Å². The van der Waals surface area contributed by atoms with Crippen LogP contribution in [0.25, 0.3) is 0 Å². The van der Waals surface area contributed by atoms with E-state index in [2.05, 4.69) is 4.98 Å². The Labute approximate surface area is 104 Å². The van der Waals surface area contributed by atoms with Crippen LogP contribution in [0.2, 0.25) is 0 Å². The summed E-state index contributed by atoms with van der Waals surface area (Å²) < 4.78 is 1.21. The van der Waals surface area contributed by atoms with Gasteiger partial charge in [0, 0.05) is 6.20 Å². The maximum absolute atomic E-state index is 11.6. The fraction of sp³-hybridized carbons (Fsp3) is 0.583. The van der Waals surface area contributed by atoms with Crippen LogP contribution in [0.4, 0.5) is 0 Å². The van der Waals surface area contributed by atoms with Gasteiger partial charge in [-0.1, -0.05) is 19.3 Å². The number of nitriles is 1. The second-order valence-electron chi connectivity index (χ2n) is 4.83. The monoisotopic (exact) mass is 249 g/mol. The van der Waals surface area contributed by atoms with Crippen LogP contribution in [0.15, 0.2) is 15.8 Å². The van der Waals surface area contributed by atoms with E-state index in [9.17, 15) is 14.7 Å². The number of hydrogen-bond donors (Lipinski definition) is 2. The number of aliphatic hydroxyl groups is 1. The molecule has 0 bridgehead atoms. The molecule has 2 rings (SSSR count). The molecular formula is C12H15N3O3. The molecule has 96 valence electrons. The first-order valence-electron chi connectivity index (χ1n) is 6.00. The minimum absolute atomic E-state index is 0.117. The summed E-state index contributed by atoms with van der Waals surface area (Å²) in [6, 6.07) is 1.73. The predicted molar refractivity (Wildman–Crippen MR) is 64.1 cm³/mol. The Balaban J connectivity index is 2.32. The van der Waals surface area contributed by atoms with Gasteiger partial charge in [0.1, 0.15) is 11.6 Å². The van der Waals surface area contributed by atoms with E-state index in [1.807, 2.05) is 0 Å². The van der Waals surface area contributed by atoms with E-state index in [0.717, 1.165) is 19.3 Å². The summed E-state index contributed by atoms with van der Waals surface area (Å²) in [6.07, 6.45) is 5.44. The highest BCUT2D eigenvalue weighted by Gasteiger charge is 2.30. The van der Waals surface area contributed by atoms with Crippen molar-refractivity contribution in [1.29, 1.82) is 5.26 Å². The summed E-state index contributed by atoms with van der Waals surface area (Å²) in [6.45, 7) is 0.122. The van der Waals surface area contributed by atoms with E-state index < -0.39 is 16.9 Å². The molecule has 0 spiro atoms. The van der Waals surface area contributed by atoms with Crippen LogP contribution in [0, 0.1) is 11.3 Å². The van der Waals surface area contributed by atoms with Crippen LogP contribution in [0.5, 0.6) is 0 Å². The van der Waals surface area contributed by atoms with E-state index in [1.54, 1.807) is 6.07 Å². The van der Waals surface area contributed by atoms with Crippen LogP contribution in [-0.2, 0) is 6.54 Å². The Bertz CT molecular complexity index is 588. The molecule has 1 aliphatic carbocycles. The molecule has 6 heteroatoms. The zero-order valence-electron chi connectivity index (χ0n) is 9.98. The summed E-state index contributed by atoms with van der Waals surface area (Å²) in [5.41, 5.74) is -2.30. The topological polar surface area (TPSA) is 98.9 Å². The lowest BCUT2D eigenvalue weighted by Gasteiger charge is -2.32. The highest BCUT2D eigenvalue weighted by atomic mass is 16.3. The first kappa shape index (κ1) is 12.6. The zero-order valence-corrected chi connectivity index (χ0v) is 9.98. The first-order valence-corrected chi connectivity index (χ1v) is 6.00. The van der Waals surface area contributed by atoms with Crippen molar-refractivity contribution in [1.82, 2.24) is 9.55 Å². The Kier molecular flexibility index (Phi) is 3.34. The molecule has 0 atom stereocenters. The van der Waals surface area contributed by atoms with Gasteiger partial charge >= 0.3 is 5.69 Å². The third-order valence-corrected chi connectivity index (χ3v) is 3.38. The molecule has 6 nitrogen and oxygen atoms in total. The number of rotatable bonds is 2. The molecule has 1 fully saturated rings. The van der Waals surface area contributed by atoms with Gasteiger partial charge in [-0.15, -0.1) is 0 Å². The number of nitrogens with one attached hydrogen (secondary N) is 1. The Morgan fingerprint density at radius 2 is 2.06 bits per heavy atom. The van der Waals surface area contributed by atoms with Crippen molar-refractivity contribution in [3.63, 3.8) is 0 Å². The molecule has 1 aromatic heterocycles. The molecule has 0 aliphatic heterocycles. The van der Waals surface area contributed by atoms with E-state index in [4.69, 9.17) is 5.26 Å². The maximum atomic E-state index is 11.6. The molecule has 2 N–H and O–H groups in total. The van der Waals surface area contributed by atoms with Crippen molar-refractivity contribution in [2.24, 2.45) is 0 Å². The molecule has 18 heavy (non-hydrogen) atoms. The number of aromatic amines is 1. The van der Waals surface area contributed by atoms with E-state index in [0.29, 0.717) is 12.8 Å². The largest absolute Gasteiger partial charge is 0.388 e. The van der Waals surface area contributed by atoms with E-state index >= 15 is 0 Å². The summed E-state index contributed by atoms with van der Waals surface area (Å²) >= 11 is 0. The Morgan fingerprint density at radius 3 is 2.67 bits per heavy atom. The SMILES string of the molecule is N#Cc1cn(CC2(O)CCCCC2)c(=O)[nH]c1=O. The number of aromatic nitrogens is 2. The van der Waals surface area contributed by atoms with Crippen molar-refractivity contribution >= 4 is 0 Å². The summed E-state index contributed by atoms with van der Waals surface area (Å²) in [5, 5.41) is 19.1.